The minimum atomic E-state index is 0.660. The SMILES string of the molecule is CCNC(Cc1ccoc1)C1CC2CCC1C2. The van der Waals surface area contributed by atoms with Crippen LogP contribution in [0, 0.1) is 17.8 Å². The number of fused-ring (bicyclic) bond motifs is 2. The average molecular weight is 233 g/mol. The summed E-state index contributed by atoms with van der Waals surface area (Å²) in [6.07, 6.45) is 10.8. The molecule has 0 amide bonds. The third kappa shape index (κ3) is 2.28. The van der Waals surface area contributed by atoms with Gasteiger partial charge in [-0.2, -0.15) is 0 Å². The van der Waals surface area contributed by atoms with Crippen LogP contribution in [0.2, 0.25) is 0 Å². The Kier molecular flexibility index (Phi) is 3.24. The summed E-state index contributed by atoms with van der Waals surface area (Å²) in [4.78, 5) is 0. The summed E-state index contributed by atoms with van der Waals surface area (Å²) in [5.74, 6) is 2.94. The van der Waals surface area contributed by atoms with Crippen molar-refractivity contribution >= 4 is 0 Å². The molecule has 17 heavy (non-hydrogen) atoms. The Hall–Kier alpha value is -0.760. The second-order valence-electron chi connectivity index (χ2n) is 5.84. The van der Waals surface area contributed by atoms with Gasteiger partial charge in [0.15, 0.2) is 0 Å². The maximum absolute atomic E-state index is 5.19. The van der Waals surface area contributed by atoms with E-state index in [1.54, 1.807) is 6.26 Å². The maximum Gasteiger partial charge on any atom is 0.0935 e. The molecule has 1 heterocycles. The Morgan fingerprint density at radius 1 is 1.41 bits per heavy atom. The zero-order chi connectivity index (χ0) is 11.7. The van der Waals surface area contributed by atoms with E-state index in [4.69, 9.17) is 4.42 Å². The van der Waals surface area contributed by atoms with Gasteiger partial charge in [-0.1, -0.05) is 13.3 Å². The van der Waals surface area contributed by atoms with Crippen LogP contribution in [0.15, 0.2) is 23.0 Å². The number of likely N-dealkylation sites (N-methyl/N-ethyl adjacent to an activating group) is 1. The average Bonchev–Trinajstić information content (AvgIpc) is 3.05. The fourth-order valence-corrected chi connectivity index (χ4v) is 4.09. The first-order valence-electron chi connectivity index (χ1n) is 7.11. The van der Waals surface area contributed by atoms with Crippen LogP contribution in [0.1, 0.15) is 38.2 Å². The topological polar surface area (TPSA) is 25.2 Å². The van der Waals surface area contributed by atoms with Crippen molar-refractivity contribution in [2.24, 2.45) is 17.8 Å². The highest BCUT2D eigenvalue weighted by molar-refractivity contribution is 5.09. The highest BCUT2D eigenvalue weighted by atomic mass is 16.3. The van der Waals surface area contributed by atoms with E-state index in [1.165, 1.54) is 31.2 Å². The Bertz CT molecular complexity index is 346. The van der Waals surface area contributed by atoms with E-state index in [0.717, 1.165) is 30.7 Å². The van der Waals surface area contributed by atoms with Crippen molar-refractivity contribution in [3.8, 4) is 0 Å². The molecule has 4 unspecified atom stereocenters. The van der Waals surface area contributed by atoms with Gasteiger partial charge in [0.1, 0.15) is 0 Å². The monoisotopic (exact) mass is 233 g/mol. The van der Waals surface area contributed by atoms with Gasteiger partial charge in [-0.3, -0.25) is 0 Å². The molecule has 0 saturated heterocycles. The smallest absolute Gasteiger partial charge is 0.0935 e. The molecule has 2 nitrogen and oxygen atoms in total. The van der Waals surface area contributed by atoms with Gasteiger partial charge in [0.05, 0.1) is 12.5 Å². The molecule has 4 atom stereocenters. The number of furan rings is 1. The molecule has 2 aliphatic carbocycles. The predicted molar refractivity (Wildman–Crippen MR) is 68.8 cm³/mol. The molecular formula is C15H23NO. The fourth-order valence-electron chi connectivity index (χ4n) is 4.09. The first kappa shape index (κ1) is 11.3. The van der Waals surface area contributed by atoms with Crippen LogP contribution < -0.4 is 5.32 Å². The van der Waals surface area contributed by atoms with Crippen molar-refractivity contribution in [1.82, 2.24) is 5.32 Å². The Labute approximate surface area is 104 Å². The zero-order valence-electron chi connectivity index (χ0n) is 10.7. The van der Waals surface area contributed by atoms with Crippen LogP contribution in [-0.2, 0) is 6.42 Å². The molecule has 2 heteroatoms. The molecule has 2 bridgehead atoms. The number of nitrogens with one attached hydrogen (secondary N) is 1. The van der Waals surface area contributed by atoms with Gasteiger partial charge in [0, 0.05) is 6.04 Å². The highest BCUT2D eigenvalue weighted by Crippen LogP contribution is 2.49. The normalized spacial score (nSPS) is 33.1. The van der Waals surface area contributed by atoms with E-state index < -0.39 is 0 Å². The lowest BCUT2D eigenvalue weighted by Gasteiger charge is -2.31. The third-order valence-corrected chi connectivity index (χ3v) is 4.81. The molecule has 2 saturated carbocycles. The zero-order valence-corrected chi connectivity index (χ0v) is 10.7. The third-order valence-electron chi connectivity index (χ3n) is 4.81. The van der Waals surface area contributed by atoms with E-state index >= 15 is 0 Å². The van der Waals surface area contributed by atoms with Gasteiger partial charge in [-0.25, -0.2) is 0 Å². The molecule has 1 N–H and O–H groups in total. The summed E-state index contributed by atoms with van der Waals surface area (Å²) in [6.45, 7) is 3.30. The van der Waals surface area contributed by atoms with Gasteiger partial charge < -0.3 is 9.73 Å². The molecule has 3 rings (SSSR count). The lowest BCUT2D eigenvalue weighted by molar-refractivity contribution is 0.249. The number of hydrogen-bond acceptors (Lipinski definition) is 2. The van der Waals surface area contributed by atoms with Gasteiger partial charge in [0.2, 0.25) is 0 Å². The summed E-state index contributed by atoms with van der Waals surface area (Å²) >= 11 is 0. The van der Waals surface area contributed by atoms with Crippen LogP contribution in [0.4, 0.5) is 0 Å². The van der Waals surface area contributed by atoms with E-state index in [-0.39, 0.29) is 0 Å². The Morgan fingerprint density at radius 2 is 2.35 bits per heavy atom. The standard InChI is InChI=1S/C15H23NO/c1-2-16-15(9-12-5-6-17-10-12)14-8-11-3-4-13(14)7-11/h5-6,10-11,13-16H,2-4,7-9H2,1H3. The second-order valence-corrected chi connectivity index (χ2v) is 5.84. The minimum Gasteiger partial charge on any atom is -0.472 e. The first-order valence-corrected chi connectivity index (χ1v) is 7.11. The van der Waals surface area contributed by atoms with E-state index in [0.29, 0.717) is 6.04 Å². The van der Waals surface area contributed by atoms with Crippen LogP contribution >= 0.6 is 0 Å². The van der Waals surface area contributed by atoms with Crippen LogP contribution in [0.25, 0.3) is 0 Å². The lowest BCUT2D eigenvalue weighted by Crippen LogP contribution is -2.40. The van der Waals surface area contributed by atoms with E-state index in [2.05, 4.69) is 18.3 Å². The van der Waals surface area contributed by atoms with Gasteiger partial charge >= 0.3 is 0 Å². The predicted octanol–water partition coefficient (Wildman–Crippen LogP) is 3.24. The fraction of sp³-hybridized carbons (Fsp3) is 0.733. The lowest BCUT2D eigenvalue weighted by atomic mass is 9.81. The molecule has 0 aromatic carbocycles. The maximum atomic E-state index is 5.19. The number of rotatable bonds is 5. The van der Waals surface area contributed by atoms with Crippen LogP contribution in [0.5, 0.6) is 0 Å². The molecular weight excluding hydrogens is 210 g/mol. The summed E-state index contributed by atoms with van der Waals surface area (Å²) in [7, 11) is 0. The van der Waals surface area contributed by atoms with Crippen LogP contribution in [-0.4, -0.2) is 12.6 Å². The molecule has 0 aliphatic heterocycles. The summed E-state index contributed by atoms with van der Waals surface area (Å²) in [6, 6.07) is 2.77. The molecule has 0 spiro atoms. The molecule has 0 radical (unpaired) electrons. The molecule has 2 aliphatic rings. The summed E-state index contributed by atoms with van der Waals surface area (Å²) < 4.78 is 5.19. The van der Waals surface area contributed by atoms with E-state index in [1.807, 2.05) is 6.26 Å². The first-order chi connectivity index (χ1) is 8.36. The molecule has 2 fully saturated rings. The summed E-state index contributed by atoms with van der Waals surface area (Å²) in [5.41, 5.74) is 1.35. The Morgan fingerprint density at radius 3 is 2.94 bits per heavy atom. The van der Waals surface area contributed by atoms with Crippen molar-refractivity contribution < 1.29 is 4.42 Å². The van der Waals surface area contributed by atoms with E-state index in [9.17, 15) is 0 Å². The van der Waals surface area contributed by atoms with Gasteiger partial charge in [-0.05, 0) is 61.6 Å². The molecule has 94 valence electrons. The van der Waals surface area contributed by atoms with Gasteiger partial charge in [-0.15, -0.1) is 0 Å². The molecule has 1 aromatic rings. The quantitative estimate of drug-likeness (QED) is 0.844. The number of hydrogen-bond donors (Lipinski definition) is 1. The second kappa shape index (κ2) is 4.85. The molecule has 1 aromatic heterocycles. The summed E-state index contributed by atoms with van der Waals surface area (Å²) in [5, 5.41) is 3.71. The van der Waals surface area contributed by atoms with Crippen molar-refractivity contribution in [3.63, 3.8) is 0 Å². The van der Waals surface area contributed by atoms with Crippen molar-refractivity contribution in [3.05, 3.63) is 24.2 Å². The van der Waals surface area contributed by atoms with Crippen LogP contribution in [0.3, 0.4) is 0 Å². The van der Waals surface area contributed by atoms with Crippen molar-refractivity contribution in [1.29, 1.82) is 0 Å². The largest absolute Gasteiger partial charge is 0.472 e. The van der Waals surface area contributed by atoms with Crippen molar-refractivity contribution in [2.45, 2.75) is 45.1 Å². The van der Waals surface area contributed by atoms with Crippen molar-refractivity contribution in [2.75, 3.05) is 6.54 Å². The highest BCUT2D eigenvalue weighted by Gasteiger charge is 2.42. The minimum absolute atomic E-state index is 0.660. The Balaban J connectivity index is 1.67. The van der Waals surface area contributed by atoms with Gasteiger partial charge in [0.25, 0.3) is 0 Å².